The van der Waals surface area contributed by atoms with Crippen LogP contribution in [-0.4, -0.2) is 29.5 Å². The normalized spacial score (nSPS) is 14.2. The molecule has 21 heavy (non-hydrogen) atoms. The molecule has 0 radical (unpaired) electrons. The molecule has 0 heterocycles. The number of alkyl halides is 6. The average molecular weight is 314 g/mol. The Kier molecular flexibility index (Phi) is 4.87. The maximum absolute atomic E-state index is 12.9. The van der Waals surface area contributed by atoms with Crippen LogP contribution in [0.4, 0.5) is 26.3 Å². The first kappa shape index (κ1) is 16.9. The number of carboxylic acids is 1. The number of aliphatic carboxylic acids is 1. The second-order valence-electron chi connectivity index (χ2n) is 3.81. The Morgan fingerprint density at radius 1 is 1.14 bits per heavy atom. The Morgan fingerprint density at radius 2 is 1.67 bits per heavy atom. The van der Waals surface area contributed by atoms with Gasteiger partial charge >= 0.3 is 18.3 Å². The van der Waals surface area contributed by atoms with Crippen molar-refractivity contribution in [3.8, 4) is 5.75 Å². The van der Waals surface area contributed by atoms with Gasteiger partial charge in [-0.2, -0.15) is 22.0 Å². The number of ether oxygens (including phenoxy) is 1. The number of halogens is 6. The van der Waals surface area contributed by atoms with Crippen molar-refractivity contribution in [3.05, 3.63) is 35.9 Å². The molecule has 1 atom stereocenters. The van der Waals surface area contributed by atoms with Crippen LogP contribution in [0.15, 0.2) is 30.3 Å². The average Bonchev–Trinajstić information content (AvgIpc) is 2.35. The fraction of sp³-hybridized carbons (Fsp3) is 0.250. The molecule has 0 amide bonds. The Balaban J connectivity index is 2.82. The molecule has 0 saturated heterocycles. The number of hydrogen-bond acceptors (Lipinski definition) is 2. The lowest BCUT2D eigenvalue weighted by molar-refractivity contribution is -0.304. The SMILES string of the molecule is O=C(O)/C=C/c1ccc(OC(F)(F)C(F)C(F)(F)F)cc1. The van der Waals surface area contributed by atoms with E-state index in [1.165, 1.54) is 0 Å². The third-order valence-electron chi connectivity index (χ3n) is 2.13. The van der Waals surface area contributed by atoms with Gasteiger partial charge in [-0.1, -0.05) is 12.1 Å². The fourth-order valence-corrected chi connectivity index (χ4v) is 1.21. The summed E-state index contributed by atoms with van der Waals surface area (Å²) in [5.41, 5.74) is 0.278. The molecule has 0 aliphatic carbocycles. The molecular formula is C12H8F6O3. The first-order chi connectivity index (χ1) is 9.52. The van der Waals surface area contributed by atoms with Crippen LogP contribution in [0.5, 0.6) is 5.75 Å². The zero-order valence-corrected chi connectivity index (χ0v) is 10.1. The van der Waals surface area contributed by atoms with E-state index in [9.17, 15) is 31.1 Å². The topological polar surface area (TPSA) is 46.5 Å². The Hall–Kier alpha value is -2.19. The van der Waals surface area contributed by atoms with Crippen LogP contribution in [-0.2, 0) is 4.79 Å². The molecule has 0 aromatic heterocycles. The highest BCUT2D eigenvalue weighted by Gasteiger charge is 2.59. The molecule has 0 fully saturated rings. The lowest BCUT2D eigenvalue weighted by atomic mass is 10.2. The van der Waals surface area contributed by atoms with Gasteiger partial charge in [-0.05, 0) is 23.8 Å². The zero-order chi connectivity index (χ0) is 16.3. The molecule has 0 spiro atoms. The van der Waals surface area contributed by atoms with Crippen LogP contribution in [0, 0.1) is 0 Å². The van der Waals surface area contributed by atoms with Crippen molar-refractivity contribution in [3.63, 3.8) is 0 Å². The van der Waals surface area contributed by atoms with Crippen molar-refractivity contribution in [1.82, 2.24) is 0 Å². The molecule has 0 aliphatic heterocycles. The second kappa shape index (κ2) is 6.06. The van der Waals surface area contributed by atoms with Gasteiger partial charge in [0.1, 0.15) is 5.75 Å². The van der Waals surface area contributed by atoms with Crippen molar-refractivity contribution in [1.29, 1.82) is 0 Å². The van der Waals surface area contributed by atoms with Gasteiger partial charge in [0.05, 0.1) is 0 Å². The minimum absolute atomic E-state index is 0.278. The Morgan fingerprint density at radius 3 is 2.10 bits per heavy atom. The van der Waals surface area contributed by atoms with Gasteiger partial charge in [0.25, 0.3) is 6.17 Å². The highest BCUT2D eigenvalue weighted by molar-refractivity contribution is 5.85. The highest BCUT2D eigenvalue weighted by atomic mass is 19.4. The predicted molar refractivity (Wildman–Crippen MR) is 59.6 cm³/mol. The van der Waals surface area contributed by atoms with Gasteiger partial charge in [-0.25, -0.2) is 9.18 Å². The molecule has 0 aliphatic rings. The Bertz CT molecular complexity index is 521. The summed E-state index contributed by atoms with van der Waals surface area (Å²) in [6, 6.07) is 3.95. The van der Waals surface area contributed by atoms with E-state index in [4.69, 9.17) is 5.11 Å². The summed E-state index contributed by atoms with van der Waals surface area (Å²) < 4.78 is 77.8. The van der Waals surface area contributed by atoms with Crippen LogP contribution in [0.25, 0.3) is 6.08 Å². The first-order valence-electron chi connectivity index (χ1n) is 5.31. The van der Waals surface area contributed by atoms with Gasteiger partial charge < -0.3 is 9.84 Å². The number of carbonyl (C=O) groups is 1. The minimum Gasteiger partial charge on any atom is -0.478 e. The third kappa shape index (κ3) is 5.01. The van der Waals surface area contributed by atoms with Gasteiger partial charge in [0, 0.05) is 6.08 Å². The summed E-state index contributed by atoms with van der Waals surface area (Å²) in [7, 11) is 0. The minimum atomic E-state index is -5.76. The summed E-state index contributed by atoms with van der Waals surface area (Å²) >= 11 is 0. The van der Waals surface area contributed by atoms with Gasteiger partial charge in [0.2, 0.25) is 0 Å². The zero-order valence-electron chi connectivity index (χ0n) is 10.1. The lowest BCUT2D eigenvalue weighted by Gasteiger charge is -2.23. The summed E-state index contributed by atoms with van der Waals surface area (Å²) in [6.45, 7) is 0. The fourth-order valence-electron chi connectivity index (χ4n) is 1.21. The van der Waals surface area contributed by atoms with Crippen LogP contribution in [0.3, 0.4) is 0 Å². The smallest absolute Gasteiger partial charge is 0.439 e. The van der Waals surface area contributed by atoms with E-state index in [0.717, 1.165) is 36.4 Å². The van der Waals surface area contributed by atoms with E-state index in [2.05, 4.69) is 4.74 Å². The number of benzene rings is 1. The molecule has 1 unspecified atom stereocenters. The maximum atomic E-state index is 12.9. The number of carboxylic acid groups (broad SMARTS) is 1. The summed E-state index contributed by atoms with van der Waals surface area (Å²) in [6.07, 6.45) is -13.4. The van der Waals surface area contributed by atoms with Crippen molar-refractivity contribution in [2.45, 2.75) is 18.5 Å². The summed E-state index contributed by atoms with van der Waals surface area (Å²) in [5, 5.41) is 8.36. The summed E-state index contributed by atoms with van der Waals surface area (Å²) in [5.74, 6) is -1.94. The Labute approximate surface area is 114 Å². The third-order valence-corrected chi connectivity index (χ3v) is 2.13. The van der Waals surface area contributed by atoms with Crippen LogP contribution >= 0.6 is 0 Å². The lowest BCUT2D eigenvalue weighted by Crippen LogP contribution is -2.45. The molecule has 9 heteroatoms. The number of hydrogen-bond donors (Lipinski definition) is 1. The van der Waals surface area contributed by atoms with E-state index >= 15 is 0 Å². The van der Waals surface area contributed by atoms with Crippen molar-refractivity contribution in [2.24, 2.45) is 0 Å². The van der Waals surface area contributed by atoms with E-state index in [-0.39, 0.29) is 5.56 Å². The standard InChI is InChI=1S/C12H8F6O3/c13-10(11(14,15)16)12(17,18)21-8-4-1-7(2-5-8)3-6-9(19)20/h1-6,10H,(H,19,20)/b6-3+. The van der Waals surface area contributed by atoms with E-state index in [1.807, 2.05) is 0 Å². The monoisotopic (exact) mass is 314 g/mol. The van der Waals surface area contributed by atoms with E-state index < -0.39 is 30.2 Å². The quantitative estimate of drug-likeness (QED) is 0.666. The number of rotatable bonds is 5. The van der Waals surface area contributed by atoms with Crippen LogP contribution < -0.4 is 4.74 Å². The molecule has 3 nitrogen and oxygen atoms in total. The highest BCUT2D eigenvalue weighted by Crippen LogP contribution is 2.36. The van der Waals surface area contributed by atoms with Gasteiger partial charge in [-0.15, -0.1) is 0 Å². The van der Waals surface area contributed by atoms with Crippen molar-refractivity contribution >= 4 is 12.0 Å². The predicted octanol–water partition coefficient (Wildman–Crippen LogP) is 3.66. The summed E-state index contributed by atoms with van der Waals surface area (Å²) in [4.78, 5) is 10.2. The van der Waals surface area contributed by atoms with Crippen molar-refractivity contribution < 1.29 is 41.0 Å². The molecule has 1 rings (SSSR count). The molecule has 0 saturated carbocycles. The van der Waals surface area contributed by atoms with Gasteiger partial charge in [0.15, 0.2) is 0 Å². The molecular weight excluding hydrogens is 306 g/mol. The molecule has 1 aromatic carbocycles. The van der Waals surface area contributed by atoms with Crippen LogP contribution in [0.1, 0.15) is 5.56 Å². The molecule has 116 valence electrons. The first-order valence-corrected chi connectivity index (χ1v) is 5.31. The van der Waals surface area contributed by atoms with Crippen LogP contribution in [0.2, 0.25) is 0 Å². The van der Waals surface area contributed by atoms with E-state index in [0.29, 0.717) is 0 Å². The van der Waals surface area contributed by atoms with E-state index in [1.54, 1.807) is 0 Å². The maximum Gasteiger partial charge on any atom is 0.439 e. The molecule has 1 N–H and O–H groups in total. The largest absolute Gasteiger partial charge is 0.478 e. The van der Waals surface area contributed by atoms with Gasteiger partial charge in [-0.3, -0.25) is 0 Å². The molecule has 0 bridgehead atoms. The second-order valence-corrected chi connectivity index (χ2v) is 3.81. The molecule has 1 aromatic rings. The van der Waals surface area contributed by atoms with Crippen molar-refractivity contribution in [2.75, 3.05) is 0 Å².